The van der Waals surface area contributed by atoms with Gasteiger partial charge in [-0.1, -0.05) is 19.6 Å². The molecule has 0 aliphatic heterocycles. The molecule has 0 saturated heterocycles. The number of rotatable bonds is 1. The summed E-state index contributed by atoms with van der Waals surface area (Å²) in [6.45, 7) is 6.16. The predicted octanol–water partition coefficient (Wildman–Crippen LogP) is 1.35. The summed E-state index contributed by atoms with van der Waals surface area (Å²) in [7, 11) is -1.65. The maximum Gasteiger partial charge on any atom is 0.161 e. The molecule has 0 aromatic heterocycles. The maximum absolute atomic E-state index is 9.52. The van der Waals surface area contributed by atoms with E-state index in [0.29, 0.717) is 0 Å². The Morgan fingerprint density at radius 2 is 1.31 bits per heavy atom. The minimum absolute atomic E-state index is 0.0643. The van der Waals surface area contributed by atoms with Crippen molar-refractivity contribution >= 4 is 13.3 Å². The average Bonchev–Trinajstić information content (AvgIpc) is 1.94. The second-order valence-corrected chi connectivity index (χ2v) is 9.15. The zero-order valence-corrected chi connectivity index (χ0v) is 9.00. The van der Waals surface area contributed by atoms with Crippen molar-refractivity contribution in [3.63, 3.8) is 0 Å². The van der Waals surface area contributed by atoms with E-state index >= 15 is 0 Å². The Labute approximate surface area is 78.3 Å². The molecule has 1 aromatic rings. The molecule has 13 heavy (non-hydrogen) atoms. The zero-order valence-electron chi connectivity index (χ0n) is 8.00. The molecule has 0 fully saturated rings. The Morgan fingerprint density at radius 3 is 1.77 bits per heavy atom. The van der Waals surface area contributed by atoms with Gasteiger partial charge in [0.15, 0.2) is 11.5 Å². The summed E-state index contributed by atoms with van der Waals surface area (Å²) in [4.78, 5) is 0. The molecule has 0 heterocycles. The van der Waals surface area contributed by atoms with E-state index in [1.54, 1.807) is 0 Å². The van der Waals surface area contributed by atoms with E-state index in [4.69, 9.17) is 5.11 Å². The summed E-state index contributed by atoms with van der Waals surface area (Å²) in [5.41, 5.74) is 0. The molecule has 0 bridgehead atoms. The second kappa shape index (κ2) is 2.96. The van der Waals surface area contributed by atoms with Crippen LogP contribution in [0.5, 0.6) is 17.2 Å². The van der Waals surface area contributed by atoms with Gasteiger partial charge >= 0.3 is 0 Å². The van der Waals surface area contributed by atoms with Crippen molar-refractivity contribution < 1.29 is 15.3 Å². The first-order chi connectivity index (χ1) is 5.82. The van der Waals surface area contributed by atoms with Gasteiger partial charge in [0.05, 0.1) is 8.07 Å². The van der Waals surface area contributed by atoms with Gasteiger partial charge in [-0.2, -0.15) is 0 Å². The topological polar surface area (TPSA) is 60.7 Å². The molecule has 0 aliphatic carbocycles. The van der Waals surface area contributed by atoms with E-state index < -0.39 is 8.07 Å². The molecule has 0 aliphatic rings. The summed E-state index contributed by atoms with van der Waals surface area (Å²) in [6, 6.07) is 2.62. The average molecular weight is 198 g/mol. The SMILES string of the molecule is C[Si](C)(C)c1cc(O)c(O)cc1O. The van der Waals surface area contributed by atoms with Crippen LogP contribution in [-0.4, -0.2) is 23.4 Å². The predicted molar refractivity (Wildman–Crippen MR) is 54.4 cm³/mol. The van der Waals surface area contributed by atoms with Crippen molar-refractivity contribution in [1.82, 2.24) is 0 Å². The van der Waals surface area contributed by atoms with Crippen LogP contribution in [0, 0.1) is 0 Å². The van der Waals surface area contributed by atoms with E-state index in [2.05, 4.69) is 19.6 Å². The van der Waals surface area contributed by atoms with Crippen LogP contribution in [0.1, 0.15) is 0 Å². The molecular weight excluding hydrogens is 184 g/mol. The van der Waals surface area contributed by atoms with Gasteiger partial charge in [-0.15, -0.1) is 0 Å². The van der Waals surface area contributed by atoms with Crippen molar-refractivity contribution in [3.05, 3.63) is 12.1 Å². The highest BCUT2D eigenvalue weighted by atomic mass is 28.3. The lowest BCUT2D eigenvalue weighted by Crippen LogP contribution is -2.37. The Kier molecular flexibility index (Phi) is 2.26. The number of phenolic OH excluding ortho intramolecular Hbond substituents is 3. The van der Waals surface area contributed by atoms with Crippen LogP contribution in [0.4, 0.5) is 0 Å². The maximum atomic E-state index is 9.52. The van der Waals surface area contributed by atoms with E-state index in [9.17, 15) is 10.2 Å². The molecule has 0 radical (unpaired) electrons. The third-order valence-corrected chi connectivity index (χ3v) is 3.92. The molecule has 4 heteroatoms. The first kappa shape index (κ1) is 9.92. The van der Waals surface area contributed by atoms with Crippen molar-refractivity contribution in [2.24, 2.45) is 0 Å². The minimum Gasteiger partial charge on any atom is -0.508 e. The van der Waals surface area contributed by atoms with Crippen LogP contribution >= 0.6 is 0 Å². The number of hydrogen-bond acceptors (Lipinski definition) is 3. The molecule has 3 N–H and O–H groups in total. The van der Waals surface area contributed by atoms with Crippen LogP contribution in [0.15, 0.2) is 12.1 Å². The van der Waals surface area contributed by atoms with Crippen molar-refractivity contribution in [3.8, 4) is 17.2 Å². The van der Waals surface area contributed by atoms with E-state index in [1.165, 1.54) is 12.1 Å². The Bertz CT molecular complexity index is 328. The van der Waals surface area contributed by atoms with Crippen molar-refractivity contribution in [2.45, 2.75) is 19.6 Å². The molecule has 0 atom stereocenters. The van der Waals surface area contributed by atoms with Gasteiger partial charge in [-0.3, -0.25) is 0 Å². The van der Waals surface area contributed by atoms with Gasteiger partial charge in [0.1, 0.15) is 5.75 Å². The van der Waals surface area contributed by atoms with Gasteiger partial charge in [-0.25, -0.2) is 0 Å². The fourth-order valence-corrected chi connectivity index (χ4v) is 2.58. The normalized spacial score (nSPS) is 11.6. The van der Waals surface area contributed by atoms with Gasteiger partial charge < -0.3 is 15.3 Å². The van der Waals surface area contributed by atoms with Gasteiger partial charge in [0, 0.05) is 6.07 Å². The van der Waals surface area contributed by atoms with Crippen LogP contribution < -0.4 is 5.19 Å². The van der Waals surface area contributed by atoms with Crippen molar-refractivity contribution in [1.29, 1.82) is 0 Å². The Morgan fingerprint density at radius 1 is 0.846 bits per heavy atom. The molecule has 72 valence electrons. The molecule has 0 saturated carbocycles. The zero-order chi connectivity index (χ0) is 10.2. The quantitative estimate of drug-likeness (QED) is 0.362. The fourth-order valence-electron chi connectivity index (χ4n) is 1.17. The molecule has 1 rings (SSSR count). The fraction of sp³-hybridized carbons (Fsp3) is 0.333. The van der Waals surface area contributed by atoms with Gasteiger partial charge in [-0.05, 0) is 11.3 Å². The summed E-state index contributed by atoms with van der Waals surface area (Å²) >= 11 is 0. The highest BCUT2D eigenvalue weighted by molar-refractivity contribution is 6.89. The van der Waals surface area contributed by atoms with Gasteiger partial charge in [0.2, 0.25) is 0 Å². The number of hydrogen-bond donors (Lipinski definition) is 3. The summed E-state index contributed by atoms with van der Waals surface area (Å²) < 4.78 is 0. The lowest BCUT2D eigenvalue weighted by atomic mass is 10.3. The van der Waals surface area contributed by atoms with E-state index in [1.807, 2.05) is 0 Å². The van der Waals surface area contributed by atoms with Crippen LogP contribution in [0.2, 0.25) is 19.6 Å². The lowest BCUT2D eigenvalue weighted by molar-refractivity contribution is 0.397. The van der Waals surface area contributed by atoms with Gasteiger partial charge in [0.25, 0.3) is 0 Å². The number of benzene rings is 1. The third kappa shape index (κ3) is 1.95. The first-order valence-electron chi connectivity index (χ1n) is 4.08. The molecule has 3 nitrogen and oxygen atoms in total. The van der Waals surface area contributed by atoms with Crippen LogP contribution in [-0.2, 0) is 0 Å². The van der Waals surface area contributed by atoms with E-state index in [0.717, 1.165) is 5.19 Å². The molecule has 0 amide bonds. The van der Waals surface area contributed by atoms with Crippen LogP contribution in [0.3, 0.4) is 0 Å². The smallest absolute Gasteiger partial charge is 0.161 e. The second-order valence-electron chi connectivity index (χ2n) is 4.11. The first-order valence-corrected chi connectivity index (χ1v) is 7.58. The third-order valence-electron chi connectivity index (χ3n) is 1.90. The highest BCUT2D eigenvalue weighted by Gasteiger charge is 2.22. The standard InChI is InChI=1S/C9H14O3Si/c1-13(2,3)9-5-7(11)6(10)4-8(9)12/h4-5,10-12H,1-3H3. The largest absolute Gasteiger partial charge is 0.508 e. The van der Waals surface area contributed by atoms with Crippen LogP contribution in [0.25, 0.3) is 0 Å². The highest BCUT2D eigenvalue weighted by Crippen LogP contribution is 2.28. The summed E-state index contributed by atoms with van der Waals surface area (Å²) in [6.07, 6.45) is 0. The summed E-state index contributed by atoms with van der Waals surface area (Å²) in [5, 5.41) is 28.6. The molecule has 0 unspecified atom stereocenters. The molecule has 0 spiro atoms. The Balaban J connectivity index is 3.32. The van der Waals surface area contributed by atoms with E-state index in [-0.39, 0.29) is 17.2 Å². The Hall–Kier alpha value is -1.16. The number of phenols is 3. The van der Waals surface area contributed by atoms with Crippen molar-refractivity contribution in [2.75, 3.05) is 0 Å². The minimum atomic E-state index is -1.65. The number of aromatic hydroxyl groups is 3. The summed E-state index contributed by atoms with van der Waals surface area (Å²) in [5.74, 6) is -0.385. The molecule has 1 aromatic carbocycles. The molecular formula is C9H14O3Si. The lowest BCUT2D eigenvalue weighted by Gasteiger charge is -2.18. The monoisotopic (exact) mass is 198 g/mol.